The standard InChI is InChI=1S/C15H16F3N3O3/c16-15(17,18)8-21-6-5-20(7-12(21)22)14(24)10-3-4-11(9-1-2-9)19-13(10)23/h3-4,9H,1-2,5-8H2,(H,19,23). The number of amides is 2. The highest BCUT2D eigenvalue weighted by Crippen LogP contribution is 2.38. The third kappa shape index (κ3) is 3.60. The molecule has 1 aliphatic heterocycles. The molecule has 0 bridgehead atoms. The van der Waals surface area contributed by atoms with Crippen LogP contribution in [0.5, 0.6) is 0 Å². The van der Waals surface area contributed by atoms with Gasteiger partial charge >= 0.3 is 6.18 Å². The monoisotopic (exact) mass is 343 g/mol. The van der Waals surface area contributed by atoms with E-state index < -0.39 is 36.6 Å². The largest absolute Gasteiger partial charge is 0.406 e. The highest BCUT2D eigenvalue weighted by atomic mass is 19.4. The van der Waals surface area contributed by atoms with Crippen molar-refractivity contribution in [2.75, 3.05) is 26.2 Å². The van der Waals surface area contributed by atoms with Crippen molar-refractivity contribution < 1.29 is 22.8 Å². The molecule has 2 fully saturated rings. The number of H-pyrrole nitrogens is 1. The summed E-state index contributed by atoms with van der Waals surface area (Å²) in [6, 6.07) is 3.09. The minimum absolute atomic E-state index is 0.0372. The Morgan fingerprint density at radius 2 is 1.92 bits per heavy atom. The van der Waals surface area contributed by atoms with Crippen LogP contribution in [0.4, 0.5) is 13.2 Å². The summed E-state index contributed by atoms with van der Waals surface area (Å²) in [5.41, 5.74) is 0.147. The molecule has 2 amide bonds. The first-order valence-corrected chi connectivity index (χ1v) is 7.61. The van der Waals surface area contributed by atoms with Gasteiger partial charge in [-0.1, -0.05) is 0 Å². The molecule has 1 N–H and O–H groups in total. The van der Waals surface area contributed by atoms with Gasteiger partial charge < -0.3 is 14.8 Å². The van der Waals surface area contributed by atoms with Gasteiger partial charge in [0.15, 0.2) is 0 Å². The predicted octanol–water partition coefficient (Wildman–Crippen LogP) is 1.10. The van der Waals surface area contributed by atoms with Crippen LogP contribution in [0.15, 0.2) is 16.9 Å². The number of aromatic nitrogens is 1. The van der Waals surface area contributed by atoms with Gasteiger partial charge in [-0.15, -0.1) is 0 Å². The van der Waals surface area contributed by atoms with Gasteiger partial charge in [-0.2, -0.15) is 13.2 Å². The summed E-state index contributed by atoms with van der Waals surface area (Å²) >= 11 is 0. The van der Waals surface area contributed by atoms with Crippen LogP contribution >= 0.6 is 0 Å². The number of carbonyl (C=O) groups excluding carboxylic acids is 2. The second kappa shape index (κ2) is 5.95. The van der Waals surface area contributed by atoms with Crippen molar-refractivity contribution in [3.05, 3.63) is 33.7 Å². The summed E-state index contributed by atoms with van der Waals surface area (Å²) in [4.78, 5) is 40.7. The van der Waals surface area contributed by atoms with E-state index >= 15 is 0 Å². The molecule has 0 aromatic carbocycles. The Morgan fingerprint density at radius 3 is 2.46 bits per heavy atom. The minimum atomic E-state index is -4.47. The second-order valence-electron chi connectivity index (χ2n) is 6.09. The summed E-state index contributed by atoms with van der Waals surface area (Å²) in [5.74, 6) is -1.09. The van der Waals surface area contributed by atoms with Gasteiger partial charge in [-0.3, -0.25) is 14.4 Å². The number of hydrogen-bond acceptors (Lipinski definition) is 3. The SMILES string of the molecule is O=C1CN(C(=O)c2ccc(C3CC3)[nH]c2=O)CCN1CC(F)(F)F. The Bertz CT molecular complexity index is 725. The number of halogens is 3. The van der Waals surface area contributed by atoms with E-state index in [4.69, 9.17) is 0 Å². The van der Waals surface area contributed by atoms with Crippen LogP contribution in [-0.2, 0) is 4.79 Å². The number of nitrogens with one attached hydrogen (secondary N) is 1. The summed E-state index contributed by atoms with van der Waals surface area (Å²) < 4.78 is 37.1. The maximum absolute atomic E-state index is 12.4. The first-order chi connectivity index (χ1) is 11.2. The zero-order valence-corrected chi connectivity index (χ0v) is 12.7. The van der Waals surface area contributed by atoms with Crippen molar-refractivity contribution in [1.82, 2.24) is 14.8 Å². The minimum Gasteiger partial charge on any atom is -0.330 e. The van der Waals surface area contributed by atoms with Gasteiger partial charge in [0, 0.05) is 18.8 Å². The van der Waals surface area contributed by atoms with Crippen molar-refractivity contribution in [3.8, 4) is 0 Å². The first-order valence-electron chi connectivity index (χ1n) is 7.61. The molecule has 0 radical (unpaired) electrons. The van der Waals surface area contributed by atoms with Crippen molar-refractivity contribution in [2.45, 2.75) is 24.9 Å². The van der Waals surface area contributed by atoms with Crippen LogP contribution < -0.4 is 5.56 Å². The molecule has 130 valence electrons. The molecule has 2 aliphatic rings. The third-order valence-corrected chi connectivity index (χ3v) is 4.16. The Hall–Kier alpha value is -2.32. The van der Waals surface area contributed by atoms with Gasteiger partial charge in [0.25, 0.3) is 11.5 Å². The molecule has 1 saturated carbocycles. The fourth-order valence-corrected chi connectivity index (χ4v) is 2.73. The molecule has 2 heterocycles. The summed E-state index contributed by atoms with van der Waals surface area (Å²) in [7, 11) is 0. The quantitative estimate of drug-likeness (QED) is 0.893. The van der Waals surface area contributed by atoms with Crippen LogP contribution in [0.1, 0.15) is 34.8 Å². The van der Waals surface area contributed by atoms with E-state index in [2.05, 4.69) is 4.98 Å². The van der Waals surface area contributed by atoms with Crippen molar-refractivity contribution in [3.63, 3.8) is 0 Å². The van der Waals surface area contributed by atoms with Crippen LogP contribution in [-0.4, -0.2) is 59.0 Å². The number of aromatic amines is 1. The number of carbonyl (C=O) groups is 2. The van der Waals surface area contributed by atoms with E-state index in [1.165, 1.54) is 6.07 Å². The van der Waals surface area contributed by atoms with Crippen molar-refractivity contribution in [2.24, 2.45) is 0 Å². The molecular weight excluding hydrogens is 327 g/mol. The van der Waals surface area contributed by atoms with Gasteiger partial charge in [-0.05, 0) is 30.9 Å². The summed E-state index contributed by atoms with van der Waals surface area (Å²) in [6.45, 7) is -2.03. The number of hydrogen-bond donors (Lipinski definition) is 1. The van der Waals surface area contributed by atoms with Crippen LogP contribution in [0.2, 0.25) is 0 Å². The molecule has 0 spiro atoms. The predicted molar refractivity (Wildman–Crippen MR) is 77.6 cm³/mol. The van der Waals surface area contributed by atoms with Crippen LogP contribution in [0.3, 0.4) is 0 Å². The van der Waals surface area contributed by atoms with E-state index in [0.29, 0.717) is 10.8 Å². The average molecular weight is 343 g/mol. The molecule has 1 aliphatic carbocycles. The third-order valence-electron chi connectivity index (χ3n) is 4.16. The lowest BCUT2D eigenvalue weighted by Crippen LogP contribution is -2.54. The van der Waals surface area contributed by atoms with Crippen LogP contribution in [0.25, 0.3) is 0 Å². The average Bonchev–Trinajstić information content (AvgIpc) is 3.32. The van der Waals surface area contributed by atoms with E-state index in [-0.39, 0.29) is 18.7 Å². The van der Waals surface area contributed by atoms with E-state index in [1.807, 2.05) is 0 Å². The first kappa shape index (κ1) is 16.5. The fraction of sp³-hybridized carbons (Fsp3) is 0.533. The Labute approximate surface area is 135 Å². The number of alkyl halides is 3. The normalized spacial score (nSPS) is 18.9. The van der Waals surface area contributed by atoms with Gasteiger partial charge in [0.1, 0.15) is 18.7 Å². The molecular formula is C15H16F3N3O3. The molecule has 1 aromatic heterocycles. The maximum atomic E-state index is 12.4. The summed E-state index contributed by atoms with van der Waals surface area (Å²) in [5, 5.41) is 0. The summed E-state index contributed by atoms with van der Waals surface area (Å²) in [6.07, 6.45) is -2.48. The smallest absolute Gasteiger partial charge is 0.330 e. The molecule has 3 rings (SSSR count). The highest BCUT2D eigenvalue weighted by Gasteiger charge is 2.36. The number of rotatable bonds is 3. The fourth-order valence-electron chi connectivity index (χ4n) is 2.73. The van der Waals surface area contributed by atoms with Gasteiger partial charge in [-0.25, -0.2) is 0 Å². The molecule has 1 saturated heterocycles. The molecule has 9 heteroatoms. The van der Waals surface area contributed by atoms with Gasteiger partial charge in [0.05, 0.1) is 0 Å². The van der Waals surface area contributed by atoms with E-state index in [9.17, 15) is 27.6 Å². The second-order valence-corrected chi connectivity index (χ2v) is 6.09. The van der Waals surface area contributed by atoms with Crippen molar-refractivity contribution >= 4 is 11.8 Å². The maximum Gasteiger partial charge on any atom is 0.406 e. The molecule has 0 atom stereocenters. The van der Waals surface area contributed by atoms with Gasteiger partial charge in [0.2, 0.25) is 5.91 Å². The van der Waals surface area contributed by atoms with Crippen molar-refractivity contribution in [1.29, 1.82) is 0 Å². The lowest BCUT2D eigenvalue weighted by atomic mass is 10.1. The lowest BCUT2D eigenvalue weighted by molar-refractivity contribution is -0.164. The van der Waals surface area contributed by atoms with E-state index in [1.54, 1.807) is 6.07 Å². The molecule has 0 unspecified atom stereocenters. The zero-order valence-electron chi connectivity index (χ0n) is 12.7. The number of nitrogens with zero attached hydrogens (tertiary/aromatic N) is 2. The molecule has 6 nitrogen and oxygen atoms in total. The topological polar surface area (TPSA) is 73.5 Å². The Kier molecular flexibility index (Phi) is 4.10. The highest BCUT2D eigenvalue weighted by molar-refractivity contribution is 5.96. The Morgan fingerprint density at radius 1 is 1.21 bits per heavy atom. The van der Waals surface area contributed by atoms with E-state index in [0.717, 1.165) is 23.4 Å². The number of piperazine rings is 1. The zero-order chi connectivity index (χ0) is 17.5. The number of pyridine rings is 1. The molecule has 1 aromatic rings. The van der Waals surface area contributed by atoms with Crippen LogP contribution in [0, 0.1) is 0 Å². The lowest BCUT2D eigenvalue weighted by Gasteiger charge is -2.34. The Balaban J connectivity index is 1.68. The molecule has 24 heavy (non-hydrogen) atoms.